The van der Waals surface area contributed by atoms with Crippen molar-refractivity contribution in [3.63, 3.8) is 0 Å². The molecule has 0 spiro atoms. The monoisotopic (exact) mass is 388 g/mol. The van der Waals surface area contributed by atoms with Gasteiger partial charge in [-0.05, 0) is 57.7 Å². The highest BCUT2D eigenvalue weighted by Crippen LogP contribution is 2.14. The molecule has 0 radical (unpaired) electrons. The van der Waals surface area contributed by atoms with E-state index in [4.69, 9.17) is 4.74 Å². The number of benzene rings is 1. The van der Waals surface area contributed by atoms with Crippen LogP contribution in [0.1, 0.15) is 58.4 Å². The maximum Gasteiger partial charge on any atom is 0.222 e. The number of hydrogen-bond donors (Lipinski definition) is 2. The topological polar surface area (TPSA) is 66.0 Å². The number of carbonyl (C=O) groups excluding carboxylic acids is 1. The molecule has 0 aliphatic carbocycles. The van der Waals surface area contributed by atoms with Gasteiger partial charge in [0.05, 0.1) is 12.6 Å². The third-order valence-corrected chi connectivity index (χ3v) is 4.63. The number of hydrogen-bond acceptors (Lipinski definition) is 3. The van der Waals surface area contributed by atoms with Crippen molar-refractivity contribution in [1.29, 1.82) is 0 Å². The first-order valence-corrected chi connectivity index (χ1v) is 10.6. The Morgan fingerprint density at radius 2 is 1.96 bits per heavy atom. The van der Waals surface area contributed by atoms with Crippen LogP contribution in [0.5, 0.6) is 5.75 Å². The number of aliphatic imine (C=N–C) groups is 1. The molecule has 0 aromatic heterocycles. The van der Waals surface area contributed by atoms with Crippen LogP contribution < -0.4 is 15.4 Å². The summed E-state index contributed by atoms with van der Waals surface area (Å²) in [6, 6.07) is 8.08. The second kappa shape index (κ2) is 12.3. The van der Waals surface area contributed by atoms with Crippen LogP contribution in [-0.4, -0.2) is 49.0 Å². The zero-order valence-corrected chi connectivity index (χ0v) is 17.7. The number of nitrogens with zero attached hydrogens (tertiary/aromatic N) is 2. The summed E-state index contributed by atoms with van der Waals surface area (Å²) in [4.78, 5) is 18.7. The van der Waals surface area contributed by atoms with Gasteiger partial charge in [0.25, 0.3) is 0 Å². The summed E-state index contributed by atoms with van der Waals surface area (Å²) >= 11 is 0. The molecule has 1 amide bonds. The number of rotatable bonds is 9. The lowest BCUT2D eigenvalue weighted by molar-refractivity contribution is -0.130. The fourth-order valence-electron chi connectivity index (χ4n) is 3.21. The molecule has 1 saturated heterocycles. The van der Waals surface area contributed by atoms with Gasteiger partial charge < -0.3 is 20.3 Å². The molecule has 0 unspecified atom stereocenters. The molecule has 0 bridgehead atoms. The number of amides is 1. The van der Waals surface area contributed by atoms with Crippen molar-refractivity contribution in [3.8, 4) is 5.75 Å². The molecule has 2 rings (SSSR count). The highest BCUT2D eigenvalue weighted by molar-refractivity contribution is 5.79. The van der Waals surface area contributed by atoms with Crippen molar-refractivity contribution >= 4 is 11.9 Å². The largest absolute Gasteiger partial charge is 0.491 e. The average molecular weight is 389 g/mol. The Balaban J connectivity index is 1.77. The van der Waals surface area contributed by atoms with E-state index in [1.807, 2.05) is 30.9 Å². The first-order valence-electron chi connectivity index (χ1n) is 10.6. The maximum atomic E-state index is 12.0. The lowest BCUT2D eigenvalue weighted by atomic mass is 10.2. The summed E-state index contributed by atoms with van der Waals surface area (Å²) in [7, 11) is 0. The summed E-state index contributed by atoms with van der Waals surface area (Å²) < 4.78 is 5.68. The Bertz CT molecular complexity index is 613. The Hall–Kier alpha value is -2.24. The normalized spacial score (nSPS) is 15.5. The minimum absolute atomic E-state index is 0.179. The lowest BCUT2D eigenvalue weighted by Crippen LogP contribution is -2.39. The van der Waals surface area contributed by atoms with E-state index in [2.05, 4.69) is 34.7 Å². The van der Waals surface area contributed by atoms with Crippen LogP contribution in [-0.2, 0) is 11.3 Å². The summed E-state index contributed by atoms with van der Waals surface area (Å²) in [6.45, 7) is 10.1. The molecule has 1 heterocycles. The highest BCUT2D eigenvalue weighted by Gasteiger charge is 2.15. The summed E-state index contributed by atoms with van der Waals surface area (Å²) in [5.74, 6) is 2.01. The lowest BCUT2D eigenvalue weighted by Gasteiger charge is -2.20. The molecule has 6 heteroatoms. The van der Waals surface area contributed by atoms with Crippen LogP contribution in [0.2, 0.25) is 0 Å². The molecule has 1 aromatic rings. The Kier molecular flexibility index (Phi) is 9.66. The zero-order valence-electron chi connectivity index (χ0n) is 17.7. The standard InChI is InChI=1S/C22H36N4O2/c1-4-23-22(24-14-8-16-26-15-7-5-6-9-21(26)27)25-17-19-10-12-20(13-11-19)28-18(2)3/h10-13,18H,4-9,14-17H2,1-3H3,(H2,23,24,25). The molecular formula is C22H36N4O2. The van der Waals surface area contributed by atoms with Crippen molar-refractivity contribution in [2.24, 2.45) is 4.99 Å². The Morgan fingerprint density at radius 3 is 2.68 bits per heavy atom. The predicted octanol–water partition coefficient (Wildman–Crippen LogP) is 3.32. The van der Waals surface area contributed by atoms with Crippen molar-refractivity contribution in [2.75, 3.05) is 26.2 Å². The fraction of sp³-hybridized carbons (Fsp3) is 0.636. The van der Waals surface area contributed by atoms with Gasteiger partial charge in [-0.2, -0.15) is 0 Å². The third-order valence-electron chi connectivity index (χ3n) is 4.63. The van der Waals surface area contributed by atoms with Crippen molar-refractivity contribution in [1.82, 2.24) is 15.5 Å². The van der Waals surface area contributed by atoms with E-state index in [1.54, 1.807) is 0 Å². The molecule has 156 valence electrons. The van der Waals surface area contributed by atoms with Crippen LogP contribution in [0.3, 0.4) is 0 Å². The number of ether oxygens (including phenoxy) is 1. The second-order valence-corrected chi connectivity index (χ2v) is 7.48. The molecule has 1 aromatic carbocycles. The molecule has 6 nitrogen and oxygen atoms in total. The number of likely N-dealkylation sites (tertiary alicyclic amines) is 1. The number of nitrogens with one attached hydrogen (secondary N) is 2. The smallest absolute Gasteiger partial charge is 0.222 e. The first kappa shape index (κ1) is 22.1. The van der Waals surface area contributed by atoms with Gasteiger partial charge in [0.15, 0.2) is 5.96 Å². The minimum atomic E-state index is 0.179. The fourth-order valence-corrected chi connectivity index (χ4v) is 3.21. The van der Waals surface area contributed by atoms with Crippen molar-refractivity contribution < 1.29 is 9.53 Å². The molecule has 0 atom stereocenters. The quantitative estimate of drug-likeness (QED) is 0.387. The van der Waals surface area contributed by atoms with Crippen molar-refractivity contribution in [2.45, 2.75) is 65.5 Å². The van der Waals surface area contributed by atoms with Crippen LogP contribution >= 0.6 is 0 Å². The van der Waals surface area contributed by atoms with Crippen LogP contribution in [0.4, 0.5) is 0 Å². The van der Waals surface area contributed by atoms with Gasteiger partial charge in [-0.25, -0.2) is 4.99 Å². The van der Waals surface area contributed by atoms with E-state index in [9.17, 15) is 4.79 Å². The minimum Gasteiger partial charge on any atom is -0.491 e. The van der Waals surface area contributed by atoms with E-state index in [-0.39, 0.29) is 6.10 Å². The van der Waals surface area contributed by atoms with E-state index < -0.39 is 0 Å². The Morgan fingerprint density at radius 1 is 1.18 bits per heavy atom. The average Bonchev–Trinajstić information content (AvgIpc) is 2.88. The SMILES string of the molecule is CCNC(=NCc1ccc(OC(C)C)cc1)NCCCN1CCCCCC1=O. The molecule has 2 N–H and O–H groups in total. The van der Waals surface area contributed by atoms with E-state index in [1.165, 1.54) is 6.42 Å². The summed E-state index contributed by atoms with van der Waals surface area (Å²) in [6.07, 6.45) is 5.15. The van der Waals surface area contributed by atoms with Crippen LogP contribution in [0, 0.1) is 0 Å². The maximum absolute atomic E-state index is 12.0. The summed E-state index contributed by atoms with van der Waals surface area (Å²) in [5, 5.41) is 6.66. The molecule has 1 aliphatic rings. The number of guanidine groups is 1. The summed E-state index contributed by atoms with van der Waals surface area (Å²) in [5.41, 5.74) is 1.14. The second-order valence-electron chi connectivity index (χ2n) is 7.48. The van der Waals surface area contributed by atoms with Gasteiger partial charge in [-0.1, -0.05) is 18.6 Å². The molecule has 0 saturated carbocycles. The van der Waals surface area contributed by atoms with Gasteiger partial charge in [0.1, 0.15) is 5.75 Å². The first-order chi connectivity index (χ1) is 13.6. The third kappa shape index (κ3) is 8.19. The number of carbonyl (C=O) groups is 1. The molecule has 28 heavy (non-hydrogen) atoms. The van der Waals surface area contributed by atoms with Gasteiger partial charge in [-0.15, -0.1) is 0 Å². The van der Waals surface area contributed by atoms with Crippen LogP contribution in [0.25, 0.3) is 0 Å². The molecule has 1 aliphatic heterocycles. The molecule has 1 fully saturated rings. The van der Waals surface area contributed by atoms with Gasteiger partial charge in [0, 0.05) is 32.6 Å². The molecular weight excluding hydrogens is 352 g/mol. The van der Waals surface area contributed by atoms with Crippen LogP contribution in [0.15, 0.2) is 29.3 Å². The highest BCUT2D eigenvalue weighted by atomic mass is 16.5. The van der Waals surface area contributed by atoms with Gasteiger partial charge in [0.2, 0.25) is 5.91 Å². The zero-order chi connectivity index (χ0) is 20.2. The van der Waals surface area contributed by atoms with Gasteiger partial charge in [-0.3, -0.25) is 4.79 Å². The predicted molar refractivity (Wildman–Crippen MR) is 115 cm³/mol. The van der Waals surface area contributed by atoms with Crippen molar-refractivity contribution in [3.05, 3.63) is 29.8 Å². The van der Waals surface area contributed by atoms with E-state index in [0.717, 1.165) is 62.7 Å². The van der Waals surface area contributed by atoms with E-state index in [0.29, 0.717) is 18.9 Å². The van der Waals surface area contributed by atoms with E-state index >= 15 is 0 Å². The Labute approximate surface area is 169 Å². The van der Waals surface area contributed by atoms with Gasteiger partial charge >= 0.3 is 0 Å².